The van der Waals surface area contributed by atoms with Crippen molar-refractivity contribution in [3.05, 3.63) is 11.6 Å². The Kier molecular flexibility index (Phi) is 4.83. The third kappa shape index (κ3) is 3.41. The van der Waals surface area contributed by atoms with Gasteiger partial charge in [0.15, 0.2) is 0 Å². The molecule has 0 aromatic rings. The van der Waals surface area contributed by atoms with Crippen LogP contribution in [-0.4, -0.2) is 12.6 Å². The second kappa shape index (κ2) is 5.48. The first-order valence-corrected chi connectivity index (χ1v) is 3.49. The highest BCUT2D eigenvalue weighted by Crippen LogP contribution is 1.96. The van der Waals surface area contributed by atoms with E-state index in [0.717, 1.165) is 6.42 Å². The average molecular weight is 153 g/mol. The van der Waals surface area contributed by atoms with Crippen molar-refractivity contribution in [2.24, 2.45) is 0 Å². The molecule has 0 spiro atoms. The van der Waals surface area contributed by atoms with Gasteiger partial charge in [-0.05, 0) is 13.3 Å². The minimum atomic E-state index is -0.531. The number of allylic oxidation sites excluding steroid dienone is 1. The number of ether oxygens (including phenoxy) is 1. The van der Waals surface area contributed by atoms with E-state index in [1.807, 2.05) is 6.92 Å². The molecule has 3 heteroatoms. The zero-order valence-corrected chi connectivity index (χ0v) is 6.76. The standard InChI is InChI=1S/C8H11NO2/c1-3-5-11-8(10)7(4-2)6-9/h4H,3,5H2,1-2H3. The molecule has 0 rings (SSSR count). The number of nitriles is 1. The molecule has 60 valence electrons. The smallest absolute Gasteiger partial charge is 0.348 e. The maximum atomic E-state index is 10.9. The molecule has 0 aliphatic heterocycles. The molecule has 0 fully saturated rings. The lowest BCUT2D eigenvalue weighted by Crippen LogP contribution is -2.06. The molecule has 0 amide bonds. The summed E-state index contributed by atoms with van der Waals surface area (Å²) in [6.45, 7) is 3.90. The van der Waals surface area contributed by atoms with E-state index in [9.17, 15) is 4.79 Å². The number of rotatable bonds is 3. The molecule has 0 aliphatic carbocycles. The van der Waals surface area contributed by atoms with Gasteiger partial charge < -0.3 is 4.74 Å². The number of nitrogens with zero attached hydrogens (tertiary/aromatic N) is 1. The van der Waals surface area contributed by atoms with E-state index in [2.05, 4.69) is 0 Å². The maximum absolute atomic E-state index is 10.9. The van der Waals surface area contributed by atoms with Crippen LogP contribution in [0.4, 0.5) is 0 Å². The molecule has 0 saturated carbocycles. The Bertz CT molecular complexity index is 201. The normalized spacial score (nSPS) is 10.5. The fourth-order valence-corrected chi connectivity index (χ4v) is 0.501. The summed E-state index contributed by atoms with van der Waals surface area (Å²) in [5.41, 5.74) is 0.0680. The van der Waals surface area contributed by atoms with Crippen LogP contribution in [0.5, 0.6) is 0 Å². The molecule has 0 saturated heterocycles. The Morgan fingerprint density at radius 1 is 1.73 bits per heavy atom. The first kappa shape index (κ1) is 9.70. The fraction of sp³-hybridized carbons (Fsp3) is 0.500. The Morgan fingerprint density at radius 3 is 2.73 bits per heavy atom. The van der Waals surface area contributed by atoms with Crippen molar-refractivity contribution in [3.63, 3.8) is 0 Å². The van der Waals surface area contributed by atoms with Gasteiger partial charge in [-0.3, -0.25) is 0 Å². The van der Waals surface area contributed by atoms with Crippen LogP contribution in [0.25, 0.3) is 0 Å². The average Bonchev–Trinajstić information content (AvgIpc) is 2.03. The van der Waals surface area contributed by atoms with Crippen LogP contribution in [0.1, 0.15) is 20.3 Å². The molecule has 0 unspecified atom stereocenters. The van der Waals surface area contributed by atoms with Crippen LogP contribution < -0.4 is 0 Å². The van der Waals surface area contributed by atoms with Gasteiger partial charge in [-0.25, -0.2) is 4.79 Å². The van der Waals surface area contributed by atoms with Crippen molar-refractivity contribution < 1.29 is 9.53 Å². The molecule has 0 radical (unpaired) electrons. The van der Waals surface area contributed by atoms with Gasteiger partial charge in [0.05, 0.1) is 6.61 Å². The highest BCUT2D eigenvalue weighted by atomic mass is 16.5. The number of carbonyl (C=O) groups is 1. The highest BCUT2D eigenvalue weighted by Gasteiger charge is 2.07. The Labute approximate surface area is 66.3 Å². The van der Waals surface area contributed by atoms with Crippen LogP contribution in [-0.2, 0) is 9.53 Å². The van der Waals surface area contributed by atoms with Crippen molar-refractivity contribution in [2.45, 2.75) is 20.3 Å². The molecule has 0 bridgehead atoms. The molecule has 3 nitrogen and oxygen atoms in total. The van der Waals surface area contributed by atoms with Gasteiger partial charge in [-0.2, -0.15) is 5.26 Å². The van der Waals surface area contributed by atoms with E-state index in [0.29, 0.717) is 6.61 Å². The summed E-state index contributed by atoms with van der Waals surface area (Å²) in [7, 11) is 0. The summed E-state index contributed by atoms with van der Waals surface area (Å²) in [6.07, 6.45) is 2.21. The quantitative estimate of drug-likeness (QED) is 0.350. The van der Waals surface area contributed by atoms with Crippen LogP contribution in [0.3, 0.4) is 0 Å². The van der Waals surface area contributed by atoms with E-state index in [-0.39, 0.29) is 5.57 Å². The van der Waals surface area contributed by atoms with Gasteiger partial charge in [0, 0.05) is 0 Å². The second-order valence-electron chi connectivity index (χ2n) is 1.95. The zero-order valence-electron chi connectivity index (χ0n) is 6.76. The second-order valence-corrected chi connectivity index (χ2v) is 1.95. The predicted molar refractivity (Wildman–Crippen MR) is 40.6 cm³/mol. The number of hydrogen-bond acceptors (Lipinski definition) is 3. The van der Waals surface area contributed by atoms with Crippen molar-refractivity contribution in [1.29, 1.82) is 5.26 Å². The Morgan fingerprint density at radius 2 is 2.36 bits per heavy atom. The molecular formula is C8H11NO2. The SMILES string of the molecule is CC=C(C#N)C(=O)OCCC. The Balaban J connectivity index is 3.94. The third-order valence-corrected chi connectivity index (χ3v) is 1.07. The summed E-state index contributed by atoms with van der Waals surface area (Å²) in [4.78, 5) is 10.9. The number of esters is 1. The fourth-order valence-electron chi connectivity index (χ4n) is 0.501. The summed E-state index contributed by atoms with van der Waals surface area (Å²) >= 11 is 0. The summed E-state index contributed by atoms with van der Waals surface area (Å²) in [5, 5.41) is 8.38. The van der Waals surface area contributed by atoms with E-state index < -0.39 is 5.97 Å². The minimum absolute atomic E-state index is 0.0680. The monoisotopic (exact) mass is 153 g/mol. The molecule has 0 N–H and O–H groups in total. The number of hydrogen-bond donors (Lipinski definition) is 0. The highest BCUT2D eigenvalue weighted by molar-refractivity contribution is 5.92. The minimum Gasteiger partial charge on any atom is -0.462 e. The van der Waals surface area contributed by atoms with E-state index in [4.69, 9.17) is 10.00 Å². The first-order valence-electron chi connectivity index (χ1n) is 3.49. The zero-order chi connectivity index (χ0) is 8.69. The van der Waals surface area contributed by atoms with Gasteiger partial charge in [0.25, 0.3) is 0 Å². The van der Waals surface area contributed by atoms with Crippen molar-refractivity contribution in [3.8, 4) is 6.07 Å². The van der Waals surface area contributed by atoms with Crippen LogP contribution in [0.2, 0.25) is 0 Å². The Hall–Kier alpha value is -1.30. The summed E-state index contributed by atoms with van der Waals surface area (Å²) < 4.78 is 4.71. The maximum Gasteiger partial charge on any atom is 0.348 e. The molecule has 0 aromatic heterocycles. The van der Waals surface area contributed by atoms with Gasteiger partial charge >= 0.3 is 5.97 Å². The van der Waals surface area contributed by atoms with E-state index >= 15 is 0 Å². The van der Waals surface area contributed by atoms with Gasteiger partial charge in [-0.15, -0.1) is 0 Å². The third-order valence-electron chi connectivity index (χ3n) is 1.07. The summed E-state index contributed by atoms with van der Waals surface area (Å²) in [6, 6.07) is 1.75. The molecule has 0 aromatic carbocycles. The lowest BCUT2D eigenvalue weighted by molar-refractivity contribution is -0.138. The molecule has 0 heterocycles. The largest absolute Gasteiger partial charge is 0.462 e. The summed E-state index contributed by atoms with van der Waals surface area (Å²) in [5.74, 6) is -0.531. The van der Waals surface area contributed by atoms with Crippen LogP contribution in [0.15, 0.2) is 11.6 Å². The van der Waals surface area contributed by atoms with Gasteiger partial charge in [-0.1, -0.05) is 13.0 Å². The lowest BCUT2D eigenvalue weighted by atomic mass is 10.3. The van der Waals surface area contributed by atoms with Crippen molar-refractivity contribution >= 4 is 5.97 Å². The van der Waals surface area contributed by atoms with E-state index in [1.165, 1.54) is 6.08 Å². The molecule has 11 heavy (non-hydrogen) atoms. The van der Waals surface area contributed by atoms with Crippen LogP contribution in [0, 0.1) is 11.3 Å². The van der Waals surface area contributed by atoms with Crippen molar-refractivity contribution in [1.82, 2.24) is 0 Å². The van der Waals surface area contributed by atoms with E-state index in [1.54, 1.807) is 13.0 Å². The predicted octanol–water partition coefficient (Wildman–Crippen LogP) is 1.41. The van der Waals surface area contributed by atoms with Crippen molar-refractivity contribution in [2.75, 3.05) is 6.61 Å². The van der Waals surface area contributed by atoms with Gasteiger partial charge in [0.2, 0.25) is 0 Å². The topological polar surface area (TPSA) is 50.1 Å². The number of carbonyl (C=O) groups excluding carboxylic acids is 1. The van der Waals surface area contributed by atoms with Crippen LogP contribution >= 0.6 is 0 Å². The van der Waals surface area contributed by atoms with Gasteiger partial charge in [0.1, 0.15) is 11.6 Å². The molecular weight excluding hydrogens is 142 g/mol. The lowest BCUT2D eigenvalue weighted by Gasteiger charge is -1.99. The molecule has 0 aliphatic rings. The first-order chi connectivity index (χ1) is 5.26. The molecule has 0 atom stereocenters.